The van der Waals surface area contributed by atoms with E-state index in [1.54, 1.807) is 59.4 Å². The summed E-state index contributed by atoms with van der Waals surface area (Å²) in [5, 5.41) is 10.1. The zero-order valence-electron chi connectivity index (χ0n) is 16.6. The van der Waals surface area contributed by atoms with Crippen LogP contribution >= 0.6 is 46.4 Å². The van der Waals surface area contributed by atoms with Crippen molar-refractivity contribution in [3.05, 3.63) is 98.2 Å². The number of aromatic nitrogens is 4. The van der Waals surface area contributed by atoms with Crippen LogP contribution in [0.4, 0.5) is 0 Å². The number of hydrogen-bond acceptors (Lipinski definition) is 5. The molecule has 164 valence electrons. The van der Waals surface area contributed by atoms with E-state index in [-0.39, 0.29) is 22.5 Å². The van der Waals surface area contributed by atoms with Crippen molar-refractivity contribution < 1.29 is 9.21 Å². The minimum absolute atomic E-state index is 0.188. The summed E-state index contributed by atoms with van der Waals surface area (Å²) < 4.78 is 7.42. The minimum Gasteiger partial charge on any atom is -0.413 e. The molecule has 5 aromatic rings. The predicted octanol–water partition coefficient (Wildman–Crippen LogP) is 6.98. The Labute approximate surface area is 207 Å². The Morgan fingerprint density at radius 1 is 0.909 bits per heavy atom. The van der Waals surface area contributed by atoms with Gasteiger partial charge in [0.25, 0.3) is 11.7 Å². The van der Waals surface area contributed by atoms with E-state index >= 15 is 0 Å². The largest absolute Gasteiger partial charge is 0.413 e. The van der Waals surface area contributed by atoms with Gasteiger partial charge in [-0.15, -0.1) is 10.2 Å². The Morgan fingerprint density at radius 3 is 2.39 bits per heavy atom. The van der Waals surface area contributed by atoms with Gasteiger partial charge >= 0.3 is 0 Å². The van der Waals surface area contributed by atoms with E-state index in [1.165, 1.54) is 0 Å². The second-order valence-electron chi connectivity index (χ2n) is 7.13. The Kier molecular flexibility index (Phi) is 5.85. The highest BCUT2D eigenvalue weighted by atomic mass is 35.5. The van der Waals surface area contributed by atoms with Crippen LogP contribution in [0.2, 0.25) is 20.2 Å². The molecule has 0 aliphatic heterocycles. The van der Waals surface area contributed by atoms with Gasteiger partial charge in [-0.2, -0.15) is 0 Å². The van der Waals surface area contributed by atoms with Crippen LogP contribution in [0, 0.1) is 0 Å². The molecule has 0 bridgehead atoms. The number of benzene rings is 2. The van der Waals surface area contributed by atoms with Crippen LogP contribution in [-0.2, 0) is 6.54 Å². The van der Waals surface area contributed by atoms with E-state index in [4.69, 9.17) is 50.8 Å². The summed E-state index contributed by atoms with van der Waals surface area (Å²) in [6.07, 6.45) is 3.19. The smallest absolute Gasteiger partial charge is 0.289 e. The highest BCUT2D eigenvalue weighted by molar-refractivity contribution is 6.38. The van der Waals surface area contributed by atoms with Crippen molar-refractivity contribution in [3.8, 4) is 11.5 Å². The van der Waals surface area contributed by atoms with Gasteiger partial charge in [0.2, 0.25) is 5.89 Å². The van der Waals surface area contributed by atoms with Gasteiger partial charge in [-0.25, -0.2) is 0 Å². The van der Waals surface area contributed by atoms with Gasteiger partial charge in [0.1, 0.15) is 5.15 Å². The van der Waals surface area contributed by atoms with Gasteiger partial charge in [0.05, 0.1) is 17.6 Å². The number of carbonyl (C=O) groups excluding carboxylic acids is 1. The van der Waals surface area contributed by atoms with Gasteiger partial charge in [0, 0.05) is 38.4 Å². The monoisotopic (exact) mass is 516 g/mol. The number of hydrogen-bond donors (Lipinski definition) is 0. The molecule has 0 radical (unpaired) electrons. The third-order valence-corrected chi connectivity index (χ3v) is 6.29. The zero-order valence-corrected chi connectivity index (χ0v) is 19.6. The summed E-state index contributed by atoms with van der Waals surface area (Å²) in [6.45, 7) is 0.312. The maximum absolute atomic E-state index is 13.4. The molecule has 0 aliphatic rings. The standard InChI is InChI=1S/C23H12Cl4N4O2/c24-14-3-4-18-16(9-14)19(21(27)31(18)11-13-1-2-15(25)10-17(13)26)20(32)23-30-29-22(33-23)12-5-7-28-8-6-12/h1-10H,11H2. The molecule has 3 heterocycles. The molecule has 0 N–H and O–H groups in total. The average Bonchev–Trinajstić information content (AvgIpc) is 3.39. The SMILES string of the molecule is O=C(c1nnc(-c2ccncc2)o1)c1c(Cl)n(Cc2ccc(Cl)cc2Cl)c2ccc(Cl)cc12. The molecule has 0 unspecified atom stereocenters. The molecular weight excluding hydrogens is 506 g/mol. The number of carbonyl (C=O) groups is 1. The predicted molar refractivity (Wildman–Crippen MR) is 128 cm³/mol. The number of ketones is 1. The van der Waals surface area contributed by atoms with Crippen LogP contribution in [-0.4, -0.2) is 25.5 Å². The van der Waals surface area contributed by atoms with E-state index in [2.05, 4.69) is 15.2 Å². The Balaban J connectivity index is 1.61. The number of nitrogens with zero attached hydrogens (tertiary/aromatic N) is 4. The summed E-state index contributed by atoms with van der Waals surface area (Å²) in [5.74, 6) is -0.500. The van der Waals surface area contributed by atoms with Crippen LogP contribution in [0.25, 0.3) is 22.4 Å². The number of halogens is 4. The van der Waals surface area contributed by atoms with E-state index in [1.807, 2.05) is 6.07 Å². The first kappa shape index (κ1) is 21.9. The summed E-state index contributed by atoms with van der Waals surface area (Å²) in [7, 11) is 0. The molecule has 0 atom stereocenters. The van der Waals surface area contributed by atoms with Crippen LogP contribution in [0.15, 0.2) is 65.3 Å². The third-order valence-electron chi connectivity index (χ3n) is 5.08. The molecule has 0 saturated heterocycles. The lowest BCUT2D eigenvalue weighted by atomic mass is 10.1. The molecule has 10 heteroatoms. The van der Waals surface area contributed by atoms with Crippen molar-refractivity contribution in [2.75, 3.05) is 0 Å². The van der Waals surface area contributed by atoms with Gasteiger partial charge in [-0.1, -0.05) is 52.5 Å². The fourth-order valence-electron chi connectivity index (χ4n) is 3.52. The molecule has 0 spiro atoms. The molecule has 0 saturated carbocycles. The highest BCUT2D eigenvalue weighted by Crippen LogP contribution is 2.35. The lowest BCUT2D eigenvalue weighted by molar-refractivity contribution is 0.100. The Morgan fingerprint density at radius 2 is 1.64 bits per heavy atom. The van der Waals surface area contributed by atoms with Gasteiger partial charge in [0.15, 0.2) is 0 Å². The van der Waals surface area contributed by atoms with Crippen molar-refractivity contribution in [2.45, 2.75) is 6.54 Å². The molecule has 0 fully saturated rings. The van der Waals surface area contributed by atoms with Crippen LogP contribution in [0.3, 0.4) is 0 Å². The first-order valence-electron chi connectivity index (χ1n) is 9.62. The number of pyridine rings is 1. The van der Waals surface area contributed by atoms with Gasteiger partial charge in [-0.05, 0) is 48.0 Å². The zero-order chi connectivity index (χ0) is 23.1. The van der Waals surface area contributed by atoms with Crippen LogP contribution in [0.5, 0.6) is 0 Å². The van der Waals surface area contributed by atoms with Crippen molar-refractivity contribution in [3.63, 3.8) is 0 Å². The van der Waals surface area contributed by atoms with Crippen LogP contribution in [0.1, 0.15) is 21.8 Å². The quantitative estimate of drug-likeness (QED) is 0.235. The molecule has 3 aromatic heterocycles. The molecule has 2 aromatic carbocycles. The van der Waals surface area contributed by atoms with E-state index in [0.29, 0.717) is 38.1 Å². The second kappa shape index (κ2) is 8.80. The first-order chi connectivity index (χ1) is 15.9. The highest BCUT2D eigenvalue weighted by Gasteiger charge is 2.27. The summed E-state index contributed by atoms with van der Waals surface area (Å²) in [5.41, 5.74) is 2.34. The van der Waals surface area contributed by atoms with Gasteiger partial charge in [-0.3, -0.25) is 9.78 Å². The Hall–Kier alpha value is -2.90. The fourth-order valence-corrected chi connectivity index (χ4v) is 4.50. The minimum atomic E-state index is -0.513. The van der Waals surface area contributed by atoms with E-state index in [0.717, 1.165) is 5.56 Å². The number of fused-ring (bicyclic) bond motifs is 1. The molecule has 0 aliphatic carbocycles. The molecule has 5 rings (SSSR count). The number of rotatable bonds is 5. The summed E-state index contributed by atoms with van der Waals surface area (Å²) in [6, 6.07) is 13.8. The van der Waals surface area contributed by atoms with Crippen LogP contribution < -0.4 is 0 Å². The summed E-state index contributed by atoms with van der Waals surface area (Å²) >= 11 is 25.4. The molecule has 0 amide bonds. The topological polar surface area (TPSA) is 73.8 Å². The van der Waals surface area contributed by atoms with Gasteiger partial charge < -0.3 is 8.98 Å². The lowest BCUT2D eigenvalue weighted by Crippen LogP contribution is -2.04. The third kappa shape index (κ3) is 4.11. The van der Waals surface area contributed by atoms with E-state index in [9.17, 15) is 4.79 Å². The van der Waals surface area contributed by atoms with Crippen molar-refractivity contribution >= 4 is 63.1 Å². The molecular formula is C23H12Cl4N4O2. The molecule has 33 heavy (non-hydrogen) atoms. The maximum atomic E-state index is 13.4. The first-order valence-corrected chi connectivity index (χ1v) is 11.1. The van der Waals surface area contributed by atoms with E-state index < -0.39 is 5.78 Å². The maximum Gasteiger partial charge on any atom is 0.289 e. The lowest BCUT2D eigenvalue weighted by Gasteiger charge is -2.09. The Bertz CT molecular complexity index is 1510. The normalized spacial score (nSPS) is 11.3. The van der Waals surface area contributed by atoms with Crippen molar-refractivity contribution in [1.29, 1.82) is 0 Å². The average molecular weight is 518 g/mol. The second-order valence-corrected chi connectivity index (χ2v) is 8.76. The summed E-state index contributed by atoms with van der Waals surface area (Å²) in [4.78, 5) is 17.4. The van der Waals surface area contributed by atoms with Crippen molar-refractivity contribution in [2.24, 2.45) is 0 Å². The fraction of sp³-hybridized carbons (Fsp3) is 0.0435. The van der Waals surface area contributed by atoms with Crippen molar-refractivity contribution in [1.82, 2.24) is 19.7 Å². The molecule has 6 nitrogen and oxygen atoms in total.